The number of benzene rings is 2. The monoisotopic (exact) mass is 474 g/mol. The Morgan fingerprint density at radius 3 is 2.43 bits per heavy atom. The number of nitrogens with zero attached hydrogens (tertiary/aromatic N) is 3. The summed E-state index contributed by atoms with van der Waals surface area (Å²) in [7, 11) is 0. The highest BCUT2D eigenvalue weighted by Gasteiger charge is 2.21. The number of hydrogen-bond donors (Lipinski definition) is 1. The van der Waals surface area contributed by atoms with E-state index < -0.39 is 17.7 Å². The van der Waals surface area contributed by atoms with Gasteiger partial charge in [0.05, 0.1) is 18.1 Å². The summed E-state index contributed by atoms with van der Waals surface area (Å²) in [5, 5.41) is 3.31. The van der Waals surface area contributed by atoms with Gasteiger partial charge in [-0.3, -0.25) is 9.79 Å². The molecule has 0 radical (unpaired) electrons. The van der Waals surface area contributed by atoms with Crippen molar-refractivity contribution in [3.8, 4) is 17.1 Å². The van der Waals surface area contributed by atoms with Gasteiger partial charge < -0.3 is 10.1 Å². The van der Waals surface area contributed by atoms with Gasteiger partial charge in [0.15, 0.2) is 17.4 Å². The molecular formula is C27H24F2N4O2. The largest absolute Gasteiger partial charge is 0.487 e. The molecule has 1 atom stereocenters. The van der Waals surface area contributed by atoms with Crippen LogP contribution in [-0.2, 0) is 11.2 Å². The number of aromatic nitrogens is 2. The van der Waals surface area contributed by atoms with Crippen molar-refractivity contribution in [2.45, 2.75) is 31.4 Å². The van der Waals surface area contributed by atoms with Gasteiger partial charge >= 0.3 is 0 Å². The van der Waals surface area contributed by atoms with E-state index in [1.807, 2.05) is 24.3 Å². The van der Waals surface area contributed by atoms with Crippen LogP contribution in [0.25, 0.3) is 11.4 Å². The molecule has 5 rings (SSSR count). The Labute approximate surface area is 201 Å². The zero-order valence-electron chi connectivity index (χ0n) is 19.0. The van der Waals surface area contributed by atoms with Gasteiger partial charge in [-0.1, -0.05) is 18.2 Å². The Morgan fingerprint density at radius 2 is 1.69 bits per heavy atom. The molecule has 3 aromatic rings. The summed E-state index contributed by atoms with van der Waals surface area (Å²) >= 11 is 0. The third-order valence-corrected chi connectivity index (χ3v) is 6.02. The van der Waals surface area contributed by atoms with Crippen LogP contribution in [-0.4, -0.2) is 46.7 Å². The van der Waals surface area contributed by atoms with Crippen molar-refractivity contribution in [3.05, 3.63) is 89.8 Å². The summed E-state index contributed by atoms with van der Waals surface area (Å²) < 4.78 is 33.3. The molecule has 1 N–H and O–H groups in total. The Bertz CT molecular complexity index is 1260. The number of aliphatic imine (C=N–C) groups is 1. The van der Waals surface area contributed by atoms with Crippen molar-refractivity contribution in [3.63, 3.8) is 0 Å². The fourth-order valence-corrected chi connectivity index (χ4v) is 4.26. The minimum absolute atomic E-state index is 0.160. The third-order valence-electron chi connectivity index (χ3n) is 6.02. The van der Waals surface area contributed by atoms with Crippen LogP contribution in [0.2, 0.25) is 0 Å². The summed E-state index contributed by atoms with van der Waals surface area (Å²) in [6.07, 6.45) is 8.69. The second-order valence-electron chi connectivity index (χ2n) is 8.64. The molecule has 178 valence electrons. The van der Waals surface area contributed by atoms with Crippen molar-refractivity contribution >= 4 is 11.5 Å². The first-order valence-electron chi connectivity index (χ1n) is 11.6. The first-order valence-corrected chi connectivity index (χ1v) is 11.6. The number of ketones is 1. The van der Waals surface area contributed by atoms with E-state index in [9.17, 15) is 13.6 Å². The SMILES string of the molecule is O=C1C=CC(c2cc(F)cc(F)c2)=NC1Cc1cccc(-c2ncc(OC3CCNCC3)cn2)c1. The molecule has 1 aromatic heterocycles. The molecule has 0 saturated carbocycles. The van der Waals surface area contributed by atoms with Gasteiger partial charge in [-0.15, -0.1) is 0 Å². The average Bonchev–Trinajstić information content (AvgIpc) is 2.86. The van der Waals surface area contributed by atoms with Crippen LogP contribution < -0.4 is 10.1 Å². The molecule has 3 heterocycles. The highest BCUT2D eigenvalue weighted by molar-refractivity contribution is 6.15. The Hall–Kier alpha value is -3.78. The van der Waals surface area contributed by atoms with Crippen LogP contribution >= 0.6 is 0 Å². The quantitative estimate of drug-likeness (QED) is 0.582. The normalized spacial score (nSPS) is 18.4. The Morgan fingerprint density at radius 1 is 0.943 bits per heavy atom. The number of allylic oxidation sites excluding steroid dienone is 1. The minimum atomic E-state index is -0.690. The van der Waals surface area contributed by atoms with Crippen LogP contribution in [0.15, 0.2) is 72.0 Å². The average molecular weight is 475 g/mol. The topological polar surface area (TPSA) is 76.5 Å². The molecule has 6 nitrogen and oxygen atoms in total. The van der Waals surface area contributed by atoms with Crippen LogP contribution in [0, 0.1) is 11.6 Å². The maximum absolute atomic E-state index is 13.6. The Balaban J connectivity index is 1.31. The summed E-state index contributed by atoms with van der Waals surface area (Å²) in [4.78, 5) is 25.9. The van der Waals surface area contributed by atoms with Crippen molar-refractivity contribution in [2.75, 3.05) is 13.1 Å². The van der Waals surface area contributed by atoms with Gasteiger partial charge in [0, 0.05) is 23.6 Å². The van der Waals surface area contributed by atoms with E-state index >= 15 is 0 Å². The van der Waals surface area contributed by atoms with Crippen LogP contribution in [0.4, 0.5) is 8.78 Å². The van der Waals surface area contributed by atoms with Crippen LogP contribution in [0.3, 0.4) is 0 Å². The fourth-order valence-electron chi connectivity index (χ4n) is 4.26. The van der Waals surface area contributed by atoms with E-state index in [2.05, 4.69) is 20.3 Å². The number of nitrogens with one attached hydrogen (secondary N) is 1. The molecule has 1 fully saturated rings. The standard InChI is InChI=1S/C27H24F2N4O2/c28-20-12-19(13-21(29)14-20)24-4-5-26(34)25(33-24)11-17-2-1-3-18(10-17)27-31-15-23(16-32-27)35-22-6-8-30-9-7-22/h1-5,10,12-16,22,25,30H,6-9,11H2. The number of dihydropyridines is 1. The van der Waals surface area contributed by atoms with Gasteiger partial charge in [-0.05, 0) is 61.8 Å². The predicted octanol–water partition coefficient (Wildman–Crippen LogP) is 4.09. The van der Waals surface area contributed by atoms with Crippen LogP contribution in [0.1, 0.15) is 24.0 Å². The van der Waals surface area contributed by atoms with Gasteiger partial charge in [-0.2, -0.15) is 0 Å². The van der Waals surface area contributed by atoms with Gasteiger partial charge in [-0.25, -0.2) is 18.7 Å². The summed E-state index contributed by atoms with van der Waals surface area (Å²) in [6, 6.07) is 10.1. The Kier molecular flexibility index (Phi) is 6.72. The molecule has 0 spiro atoms. The van der Waals surface area contributed by atoms with E-state index in [1.165, 1.54) is 24.3 Å². The van der Waals surface area contributed by atoms with Crippen molar-refractivity contribution in [1.29, 1.82) is 0 Å². The molecule has 1 saturated heterocycles. The number of halogens is 2. The molecule has 1 unspecified atom stereocenters. The fraction of sp³-hybridized carbons (Fsp3) is 0.259. The number of hydrogen-bond acceptors (Lipinski definition) is 6. The third kappa shape index (κ3) is 5.66. The smallest absolute Gasteiger partial charge is 0.180 e. The molecule has 2 aliphatic rings. The zero-order valence-corrected chi connectivity index (χ0v) is 19.0. The number of carbonyl (C=O) groups excluding carboxylic acids is 1. The molecule has 8 heteroatoms. The second-order valence-corrected chi connectivity index (χ2v) is 8.64. The van der Waals surface area contributed by atoms with Crippen molar-refractivity contribution < 1.29 is 18.3 Å². The molecule has 0 amide bonds. The maximum atomic E-state index is 13.6. The lowest BCUT2D eigenvalue weighted by Gasteiger charge is -2.23. The van der Waals surface area contributed by atoms with Crippen LogP contribution in [0.5, 0.6) is 5.75 Å². The zero-order chi connectivity index (χ0) is 24.2. The number of ether oxygens (including phenoxy) is 1. The first-order chi connectivity index (χ1) is 17.0. The number of piperidine rings is 1. The van der Waals surface area contributed by atoms with Gasteiger partial charge in [0.1, 0.15) is 23.8 Å². The maximum Gasteiger partial charge on any atom is 0.180 e. The highest BCUT2D eigenvalue weighted by Crippen LogP contribution is 2.22. The second kappa shape index (κ2) is 10.2. The molecule has 2 aromatic carbocycles. The molecule has 35 heavy (non-hydrogen) atoms. The number of rotatable bonds is 6. The van der Waals surface area contributed by atoms with Gasteiger partial charge in [0.25, 0.3) is 0 Å². The van der Waals surface area contributed by atoms with E-state index in [0.29, 0.717) is 29.3 Å². The van der Waals surface area contributed by atoms with Gasteiger partial charge in [0.2, 0.25) is 0 Å². The molecule has 0 bridgehead atoms. The summed E-state index contributed by atoms with van der Waals surface area (Å²) in [5.74, 6) is -0.341. The predicted molar refractivity (Wildman–Crippen MR) is 129 cm³/mol. The highest BCUT2D eigenvalue weighted by atomic mass is 19.1. The van der Waals surface area contributed by atoms with E-state index in [4.69, 9.17) is 4.74 Å². The number of carbonyl (C=O) groups is 1. The summed E-state index contributed by atoms with van der Waals surface area (Å²) in [5.41, 5.74) is 2.36. The lowest BCUT2D eigenvalue weighted by atomic mass is 9.97. The minimum Gasteiger partial charge on any atom is -0.487 e. The van der Waals surface area contributed by atoms with Crippen molar-refractivity contribution in [1.82, 2.24) is 15.3 Å². The summed E-state index contributed by atoms with van der Waals surface area (Å²) in [6.45, 7) is 1.89. The van der Waals surface area contributed by atoms with E-state index in [1.54, 1.807) is 12.4 Å². The van der Waals surface area contributed by atoms with E-state index in [-0.39, 0.29) is 11.9 Å². The van der Waals surface area contributed by atoms with Crippen molar-refractivity contribution in [2.24, 2.45) is 4.99 Å². The lowest BCUT2D eigenvalue weighted by molar-refractivity contribution is -0.115. The van der Waals surface area contributed by atoms with E-state index in [0.717, 1.165) is 43.1 Å². The molecule has 2 aliphatic heterocycles. The lowest BCUT2D eigenvalue weighted by Crippen LogP contribution is -2.34. The molecule has 0 aliphatic carbocycles. The molecular weight excluding hydrogens is 450 g/mol. The first kappa shape index (κ1) is 23.0.